The Bertz CT molecular complexity index is 857. The van der Waals surface area contributed by atoms with Gasteiger partial charge in [-0.15, -0.1) is 0 Å². The first-order valence-corrected chi connectivity index (χ1v) is 7.31. The Morgan fingerprint density at radius 1 is 0.952 bits per heavy atom. The van der Waals surface area contributed by atoms with Crippen molar-refractivity contribution in [3.8, 4) is 0 Å². The maximum absolute atomic E-state index is 3.71. The number of benzene rings is 2. The summed E-state index contributed by atoms with van der Waals surface area (Å²) in [4.78, 5) is 0. The molecule has 21 heavy (non-hydrogen) atoms. The number of anilines is 1. The number of nitrogens with one attached hydrogen (secondary N) is 1. The average Bonchev–Trinajstić information content (AvgIpc) is 2.93. The van der Waals surface area contributed by atoms with E-state index in [1.165, 1.54) is 27.7 Å². The predicted octanol–water partition coefficient (Wildman–Crippen LogP) is 4.84. The minimum Gasteiger partial charge on any atom is -0.359 e. The quantitative estimate of drug-likeness (QED) is 0.671. The van der Waals surface area contributed by atoms with Crippen LogP contribution in [-0.2, 0) is 5.66 Å². The Kier molecular flexibility index (Phi) is 2.49. The minimum atomic E-state index is -0.239. The third-order valence-electron chi connectivity index (χ3n) is 4.56. The standard InChI is InChI=1S/C19H18N2/c1-14-13-16-8-3-5-9-17(16)20-19(14,2)21-12-11-15-7-4-6-10-18(15)21/h3-13,20H,1-2H3. The maximum Gasteiger partial charge on any atom is 0.134 e. The molecule has 0 saturated heterocycles. The van der Waals surface area contributed by atoms with E-state index in [0.29, 0.717) is 0 Å². The van der Waals surface area contributed by atoms with Gasteiger partial charge in [0.25, 0.3) is 0 Å². The van der Waals surface area contributed by atoms with Crippen LogP contribution in [0.15, 0.2) is 66.4 Å². The fraction of sp³-hybridized carbons (Fsp3) is 0.158. The summed E-state index contributed by atoms with van der Waals surface area (Å²) in [5.41, 5.74) is 4.76. The van der Waals surface area contributed by atoms with Gasteiger partial charge in [0, 0.05) is 11.9 Å². The molecule has 1 aliphatic heterocycles. The monoisotopic (exact) mass is 274 g/mol. The summed E-state index contributed by atoms with van der Waals surface area (Å²) in [5, 5.41) is 4.98. The normalized spacial score (nSPS) is 20.8. The van der Waals surface area contributed by atoms with Gasteiger partial charge in [0.2, 0.25) is 0 Å². The topological polar surface area (TPSA) is 17.0 Å². The molecular formula is C19H18N2. The summed E-state index contributed by atoms with van der Waals surface area (Å²) in [6.07, 6.45) is 4.45. The van der Waals surface area contributed by atoms with E-state index in [0.717, 1.165) is 0 Å². The SMILES string of the molecule is CC1=Cc2ccccc2NC1(C)n1ccc2ccccc21. The van der Waals surface area contributed by atoms with Gasteiger partial charge in [0.1, 0.15) is 5.66 Å². The van der Waals surface area contributed by atoms with Gasteiger partial charge in [-0.25, -0.2) is 0 Å². The summed E-state index contributed by atoms with van der Waals surface area (Å²) < 4.78 is 2.32. The van der Waals surface area contributed by atoms with Gasteiger partial charge in [0.15, 0.2) is 0 Å². The molecule has 1 atom stereocenters. The summed E-state index contributed by atoms with van der Waals surface area (Å²) in [6.45, 7) is 4.43. The van der Waals surface area contributed by atoms with Crippen LogP contribution in [0.2, 0.25) is 0 Å². The van der Waals surface area contributed by atoms with Gasteiger partial charge in [-0.05, 0) is 54.6 Å². The van der Waals surface area contributed by atoms with Crippen molar-refractivity contribution >= 4 is 22.7 Å². The van der Waals surface area contributed by atoms with Crippen LogP contribution in [0, 0.1) is 0 Å². The molecular weight excluding hydrogens is 256 g/mol. The summed E-state index contributed by atoms with van der Waals surface area (Å²) >= 11 is 0. The number of para-hydroxylation sites is 2. The number of hydrogen-bond acceptors (Lipinski definition) is 1. The number of hydrogen-bond donors (Lipinski definition) is 1. The molecule has 1 aliphatic rings. The number of fused-ring (bicyclic) bond motifs is 2. The third kappa shape index (κ3) is 1.72. The predicted molar refractivity (Wildman–Crippen MR) is 89.3 cm³/mol. The highest BCUT2D eigenvalue weighted by Gasteiger charge is 2.32. The van der Waals surface area contributed by atoms with Gasteiger partial charge in [-0.1, -0.05) is 36.4 Å². The molecule has 1 aromatic heterocycles. The first-order chi connectivity index (χ1) is 10.2. The van der Waals surface area contributed by atoms with Crippen LogP contribution < -0.4 is 5.32 Å². The van der Waals surface area contributed by atoms with Crippen molar-refractivity contribution in [2.45, 2.75) is 19.5 Å². The van der Waals surface area contributed by atoms with Crippen molar-refractivity contribution in [1.82, 2.24) is 4.57 Å². The summed E-state index contributed by atoms with van der Waals surface area (Å²) in [5.74, 6) is 0. The highest BCUT2D eigenvalue weighted by molar-refractivity contribution is 5.82. The van der Waals surface area contributed by atoms with Crippen molar-refractivity contribution in [3.05, 3.63) is 71.9 Å². The fourth-order valence-corrected chi connectivity index (χ4v) is 3.19. The molecule has 0 amide bonds. The van der Waals surface area contributed by atoms with Crippen LogP contribution in [0.4, 0.5) is 5.69 Å². The number of rotatable bonds is 1. The second-order valence-electron chi connectivity index (χ2n) is 5.86. The smallest absolute Gasteiger partial charge is 0.134 e. The van der Waals surface area contributed by atoms with Gasteiger partial charge in [-0.2, -0.15) is 0 Å². The summed E-state index contributed by atoms with van der Waals surface area (Å²) in [6, 6.07) is 19.1. The van der Waals surface area contributed by atoms with Gasteiger partial charge >= 0.3 is 0 Å². The Morgan fingerprint density at radius 3 is 2.62 bits per heavy atom. The minimum absolute atomic E-state index is 0.239. The highest BCUT2D eigenvalue weighted by Crippen LogP contribution is 2.38. The second kappa shape index (κ2) is 4.26. The Balaban J connectivity index is 1.92. The first-order valence-electron chi connectivity index (χ1n) is 7.31. The van der Waals surface area contributed by atoms with E-state index >= 15 is 0 Å². The largest absolute Gasteiger partial charge is 0.359 e. The van der Waals surface area contributed by atoms with Crippen LogP contribution in [0.3, 0.4) is 0 Å². The molecule has 0 aliphatic carbocycles. The van der Waals surface area contributed by atoms with E-state index in [1.807, 2.05) is 0 Å². The third-order valence-corrected chi connectivity index (χ3v) is 4.56. The zero-order valence-electron chi connectivity index (χ0n) is 12.3. The van der Waals surface area contributed by atoms with Gasteiger partial charge in [0.05, 0.1) is 5.52 Å². The van der Waals surface area contributed by atoms with Crippen molar-refractivity contribution in [3.63, 3.8) is 0 Å². The van der Waals surface area contributed by atoms with E-state index in [4.69, 9.17) is 0 Å². The van der Waals surface area contributed by atoms with Crippen LogP contribution in [0.25, 0.3) is 17.0 Å². The fourth-order valence-electron chi connectivity index (χ4n) is 3.19. The number of nitrogens with zero attached hydrogens (tertiary/aromatic N) is 1. The Labute approximate surface area is 124 Å². The molecule has 2 aromatic carbocycles. The first kappa shape index (κ1) is 12.3. The molecule has 0 spiro atoms. The lowest BCUT2D eigenvalue weighted by molar-refractivity contribution is 0.456. The van der Waals surface area contributed by atoms with Crippen LogP contribution in [0.5, 0.6) is 0 Å². The van der Waals surface area contributed by atoms with Crippen LogP contribution in [-0.4, -0.2) is 4.57 Å². The van der Waals surface area contributed by atoms with Crippen LogP contribution in [0.1, 0.15) is 19.4 Å². The van der Waals surface area contributed by atoms with E-state index in [-0.39, 0.29) is 5.66 Å². The van der Waals surface area contributed by atoms with E-state index in [9.17, 15) is 0 Å². The lowest BCUT2D eigenvalue weighted by atomic mass is 9.94. The maximum atomic E-state index is 3.71. The second-order valence-corrected chi connectivity index (χ2v) is 5.86. The van der Waals surface area contributed by atoms with Crippen molar-refractivity contribution in [2.24, 2.45) is 0 Å². The molecule has 2 nitrogen and oxygen atoms in total. The van der Waals surface area contributed by atoms with Gasteiger partial charge in [-0.3, -0.25) is 0 Å². The molecule has 0 radical (unpaired) electrons. The van der Waals surface area contributed by atoms with E-state index < -0.39 is 0 Å². The highest BCUT2D eigenvalue weighted by atomic mass is 15.2. The van der Waals surface area contributed by atoms with Gasteiger partial charge < -0.3 is 9.88 Å². The lowest BCUT2D eigenvalue weighted by Gasteiger charge is -2.39. The molecule has 0 saturated carbocycles. The molecule has 0 bridgehead atoms. The zero-order valence-corrected chi connectivity index (χ0v) is 12.3. The molecule has 104 valence electrons. The average molecular weight is 274 g/mol. The van der Waals surface area contributed by atoms with E-state index in [2.05, 4.69) is 90.6 Å². The molecule has 1 N–H and O–H groups in total. The molecule has 2 heteroatoms. The molecule has 4 rings (SSSR count). The van der Waals surface area contributed by atoms with Crippen molar-refractivity contribution < 1.29 is 0 Å². The lowest BCUT2D eigenvalue weighted by Crippen LogP contribution is -2.41. The van der Waals surface area contributed by atoms with Crippen molar-refractivity contribution in [2.75, 3.05) is 5.32 Å². The van der Waals surface area contributed by atoms with Crippen molar-refractivity contribution in [1.29, 1.82) is 0 Å². The molecule has 1 unspecified atom stereocenters. The molecule has 0 fully saturated rings. The van der Waals surface area contributed by atoms with Crippen LogP contribution >= 0.6 is 0 Å². The molecule has 3 aromatic rings. The summed E-state index contributed by atoms with van der Waals surface area (Å²) in [7, 11) is 0. The Hall–Kier alpha value is -2.48. The van der Waals surface area contributed by atoms with E-state index in [1.54, 1.807) is 0 Å². The molecule has 2 heterocycles. The zero-order chi connectivity index (χ0) is 14.4. The number of aromatic nitrogens is 1. The Morgan fingerprint density at radius 2 is 1.71 bits per heavy atom.